The summed E-state index contributed by atoms with van der Waals surface area (Å²) in [6, 6.07) is 0. The zero-order valence-corrected chi connectivity index (χ0v) is 11.7. The van der Waals surface area contributed by atoms with Gasteiger partial charge in [0.15, 0.2) is 0 Å². The van der Waals surface area contributed by atoms with E-state index in [-0.39, 0.29) is 0 Å². The van der Waals surface area contributed by atoms with E-state index in [0.717, 1.165) is 12.8 Å². The Morgan fingerprint density at radius 3 is 2.79 bits per heavy atom. The van der Waals surface area contributed by atoms with Crippen molar-refractivity contribution in [3.63, 3.8) is 0 Å². The Morgan fingerprint density at radius 1 is 1.53 bits per heavy atom. The van der Waals surface area contributed by atoms with Crippen LogP contribution in [0.3, 0.4) is 0 Å². The molecular formula is C13H18ClN3O2. The first kappa shape index (κ1) is 14.1. The highest BCUT2D eigenvalue weighted by Crippen LogP contribution is 2.39. The van der Waals surface area contributed by atoms with E-state index < -0.39 is 11.4 Å². The molecule has 0 saturated heterocycles. The summed E-state index contributed by atoms with van der Waals surface area (Å²) < 4.78 is 0. The summed E-state index contributed by atoms with van der Waals surface area (Å²) in [6.07, 6.45) is 6.30. The van der Waals surface area contributed by atoms with E-state index in [4.69, 9.17) is 11.6 Å². The first-order valence-electron chi connectivity index (χ1n) is 6.47. The molecule has 19 heavy (non-hydrogen) atoms. The molecule has 1 saturated carbocycles. The van der Waals surface area contributed by atoms with Gasteiger partial charge in [0, 0.05) is 6.54 Å². The first-order chi connectivity index (χ1) is 9.02. The molecule has 0 spiro atoms. The van der Waals surface area contributed by atoms with Crippen molar-refractivity contribution in [3.8, 4) is 0 Å². The van der Waals surface area contributed by atoms with Crippen LogP contribution in [-0.4, -0.2) is 27.6 Å². The van der Waals surface area contributed by atoms with E-state index in [1.165, 1.54) is 6.20 Å². The van der Waals surface area contributed by atoms with Crippen LogP contribution < -0.4 is 5.32 Å². The molecule has 0 amide bonds. The molecule has 0 radical (unpaired) electrons. The first-order valence-corrected chi connectivity index (χ1v) is 6.84. The number of halogens is 1. The maximum Gasteiger partial charge on any atom is 0.311 e. The third-order valence-corrected chi connectivity index (χ3v) is 4.08. The van der Waals surface area contributed by atoms with Gasteiger partial charge < -0.3 is 10.4 Å². The molecule has 2 N–H and O–H groups in total. The quantitative estimate of drug-likeness (QED) is 0.889. The molecule has 1 aliphatic carbocycles. The van der Waals surface area contributed by atoms with Gasteiger partial charge >= 0.3 is 5.97 Å². The molecule has 1 aliphatic rings. The minimum absolute atomic E-state index is 0.298. The number of hydrogen-bond donors (Lipinski definition) is 2. The summed E-state index contributed by atoms with van der Waals surface area (Å²) in [5, 5.41) is 12.9. The molecule has 0 atom stereocenters. The average molecular weight is 284 g/mol. The number of carboxylic acid groups (broad SMARTS) is 1. The van der Waals surface area contributed by atoms with Gasteiger partial charge in [0.05, 0.1) is 17.8 Å². The Hall–Kier alpha value is -1.36. The molecule has 1 heterocycles. The fourth-order valence-corrected chi connectivity index (χ4v) is 2.62. The molecule has 0 unspecified atom stereocenters. The molecule has 0 bridgehead atoms. The van der Waals surface area contributed by atoms with Crippen molar-refractivity contribution in [1.29, 1.82) is 0 Å². The predicted molar refractivity (Wildman–Crippen MR) is 73.2 cm³/mol. The lowest BCUT2D eigenvalue weighted by Crippen LogP contribution is -2.41. The number of rotatable bonds is 4. The second-order valence-electron chi connectivity index (χ2n) is 5.35. The molecule has 1 aromatic rings. The standard InChI is InChI=1S/C13H18ClN3O2/c1-9-2-4-13(5-3-9,12(18)19)8-16-11-7-15-6-10(14)17-11/h6-7,9H,2-5,8H2,1H3,(H,16,17)(H,18,19). The Labute approximate surface area is 117 Å². The van der Waals surface area contributed by atoms with Crippen LogP contribution in [0.4, 0.5) is 5.82 Å². The topological polar surface area (TPSA) is 75.1 Å². The number of nitrogens with one attached hydrogen (secondary N) is 1. The summed E-state index contributed by atoms with van der Waals surface area (Å²) >= 11 is 5.75. The molecule has 6 heteroatoms. The van der Waals surface area contributed by atoms with Crippen molar-refractivity contribution in [3.05, 3.63) is 17.5 Å². The molecular weight excluding hydrogens is 266 g/mol. The van der Waals surface area contributed by atoms with Gasteiger partial charge in [-0.25, -0.2) is 4.98 Å². The van der Waals surface area contributed by atoms with Crippen LogP contribution in [0, 0.1) is 11.3 Å². The van der Waals surface area contributed by atoms with Crippen molar-refractivity contribution in [2.45, 2.75) is 32.6 Å². The average Bonchev–Trinajstić information content (AvgIpc) is 2.38. The van der Waals surface area contributed by atoms with Gasteiger partial charge in [-0.3, -0.25) is 9.78 Å². The molecule has 0 aliphatic heterocycles. The lowest BCUT2D eigenvalue weighted by atomic mass is 9.71. The third-order valence-electron chi connectivity index (χ3n) is 3.90. The number of aliphatic carboxylic acids is 1. The van der Waals surface area contributed by atoms with Crippen LogP contribution in [-0.2, 0) is 4.79 Å². The van der Waals surface area contributed by atoms with E-state index >= 15 is 0 Å². The maximum absolute atomic E-state index is 11.6. The summed E-state index contributed by atoms with van der Waals surface area (Å²) in [5.41, 5.74) is -0.698. The predicted octanol–water partition coefficient (Wildman–Crippen LogP) is 2.82. The smallest absolute Gasteiger partial charge is 0.311 e. The van der Waals surface area contributed by atoms with Crippen LogP contribution in [0.25, 0.3) is 0 Å². The monoisotopic (exact) mass is 283 g/mol. The van der Waals surface area contributed by atoms with Crippen LogP contribution in [0.2, 0.25) is 5.15 Å². The molecule has 104 valence electrons. The van der Waals surface area contributed by atoms with E-state index in [1.807, 2.05) is 0 Å². The van der Waals surface area contributed by atoms with Crippen LogP contribution in [0.15, 0.2) is 12.4 Å². The lowest BCUT2D eigenvalue weighted by molar-refractivity contribution is -0.150. The second kappa shape index (κ2) is 5.74. The van der Waals surface area contributed by atoms with Gasteiger partial charge in [-0.05, 0) is 31.6 Å². The van der Waals surface area contributed by atoms with E-state index in [1.54, 1.807) is 6.20 Å². The summed E-state index contributed by atoms with van der Waals surface area (Å²) in [4.78, 5) is 19.6. The van der Waals surface area contributed by atoms with E-state index in [2.05, 4.69) is 22.2 Å². The zero-order chi connectivity index (χ0) is 13.9. The summed E-state index contributed by atoms with van der Waals surface area (Å²) in [6.45, 7) is 2.53. The maximum atomic E-state index is 11.6. The summed E-state index contributed by atoms with van der Waals surface area (Å²) in [5.74, 6) is 0.395. The summed E-state index contributed by atoms with van der Waals surface area (Å²) in [7, 11) is 0. The van der Waals surface area contributed by atoms with Crippen LogP contribution >= 0.6 is 11.6 Å². The van der Waals surface area contributed by atoms with Crippen molar-refractivity contribution in [1.82, 2.24) is 9.97 Å². The van der Waals surface area contributed by atoms with E-state index in [0.29, 0.717) is 36.3 Å². The number of carboxylic acids is 1. The zero-order valence-electron chi connectivity index (χ0n) is 10.9. The van der Waals surface area contributed by atoms with Gasteiger partial charge in [-0.2, -0.15) is 0 Å². The fraction of sp³-hybridized carbons (Fsp3) is 0.615. The van der Waals surface area contributed by atoms with E-state index in [9.17, 15) is 9.90 Å². The Morgan fingerprint density at radius 2 is 2.21 bits per heavy atom. The highest BCUT2D eigenvalue weighted by Gasteiger charge is 2.41. The van der Waals surface area contributed by atoms with Gasteiger partial charge in [-0.15, -0.1) is 0 Å². The second-order valence-corrected chi connectivity index (χ2v) is 5.74. The van der Waals surface area contributed by atoms with Crippen molar-refractivity contribution >= 4 is 23.4 Å². The number of nitrogens with zero attached hydrogens (tertiary/aromatic N) is 2. The van der Waals surface area contributed by atoms with Crippen molar-refractivity contribution in [2.75, 3.05) is 11.9 Å². The van der Waals surface area contributed by atoms with Gasteiger partial charge in [0.25, 0.3) is 0 Å². The number of carbonyl (C=O) groups is 1. The van der Waals surface area contributed by atoms with Crippen LogP contribution in [0.5, 0.6) is 0 Å². The Kier molecular flexibility index (Phi) is 4.24. The third kappa shape index (κ3) is 3.35. The minimum Gasteiger partial charge on any atom is -0.481 e. The minimum atomic E-state index is -0.734. The van der Waals surface area contributed by atoms with Gasteiger partial charge in [0.1, 0.15) is 11.0 Å². The fourth-order valence-electron chi connectivity index (χ4n) is 2.47. The highest BCUT2D eigenvalue weighted by atomic mass is 35.5. The SMILES string of the molecule is CC1CCC(CNc2cncc(Cl)n2)(C(=O)O)CC1. The molecule has 5 nitrogen and oxygen atoms in total. The van der Waals surface area contributed by atoms with Crippen molar-refractivity contribution in [2.24, 2.45) is 11.3 Å². The molecule has 1 aromatic heterocycles. The number of hydrogen-bond acceptors (Lipinski definition) is 4. The van der Waals surface area contributed by atoms with Gasteiger partial charge in [0.2, 0.25) is 0 Å². The Bertz CT molecular complexity index is 459. The van der Waals surface area contributed by atoms with Gasteiger partial charge in [-0.1, -0.05) is 18.5 Å². The number of aromatic nitrogens is 2. The molecule has 1 fully saturated rings. The Balaban J connectivity index is 2.04. The van der Waals surface area contributed by atoms with Crippen molar-refractivity contribution < 1.29 is 9.90 Å². The van der Waals surface area contributed by atoms with Crippen LogP contribution in [0.1, 0.15) is 32.6 Å². The largest absolute Gasteiger partial charge is 0.481 e. The number of anilines is 1. The highest BCUT2D eigenvalue weighted by molar-refractivity contribution is 6.29. The molecule has 0 aromatic carbocycles. The molecule has 2 rings (SSSR count). The normalized spacial score (nSPS) is 26.9. The lowest BCUT2D eigenvalue weighted by Gasteiger charge is -2.35.